The van der Waals surface area contributed by atoms with Gasteiger partial charge in [-0.1, -0.05) is 5.16 Å². The van der Waals surface area contributed by atoms with Gasteiger partial charge in [-0.2, -0.15) is 4.98 Å². The Labute approximate surface area is 106 Å². The van der Waals surface area contributed by atoms with Crippen LogP contribution in [0.3, 0.4) is 0 Å². The largest absolute Gasteiger partial charge is 0.389 e. The van der Waals surface area contributed by atoms with E-state index in [1.807, 2.05) is 6.92 Å². The maximum Gasteiger partial charge on any atom is 0.240 e. The molecule has 0 saturated heterocycles. The summed E-state index contributed by atoms with van der Waals surface area (Å²) in [7, 11) is 1.62. The number of methoxy groups -OCH3 is 1. The van der Waals surface area contributed by atoms with Crippen LogP contribution in [0.1, 0.15) is 18.6 Å². The summed E-state index contributed by atoms with van der Waals surface area (Å²) in [6.07, 6.45) is -0.600. The average Bonchev–Trinajstić information content (AvgIpc) is 2.73. The third-order valence-electron chi connectivity index (χ3n) is 2.20. The minimum Gasteiger partial charge on any atom is -0.389 e. The van der Waals surface area contributed by atoms with Gasteiger partial charge in [0, 0.05) is 13.7 Å². The van der Waals surface area contributed by atoms with E-state index >= 15 is 0 Å². The van der Waals surface area contributed by atoms with Crippen molar-refractivity contribution in [2.45, 2.75) is 32.6 Å². The van der Waals surface area contributed by atoms with Gasteiger partial charge in [-0.05, 0) is 13.8 Å². The summed E-state index contributed by atoms with van der Waals surface area (Å²) >= 11 is 0. The Bertz CT molecular complexity index is 332. The van der Waals surface area contributed by atoms with E-state index in [4.69, 9.17) is 14.0 Å². The van der Waals surface area contributed by atoms with Crippen LogP contribution >= 0.6 is 0 Å². The maximum absolute atomic E-state index is 9.65. The number of hydrogen-bond acceptors (Lipinski definition) is 7. The Balaban J connectivity index is 2.08. The molecule has 1 heterocycles. The Morgan fingerprint density at radius 3 is 2.83 bits per heavy atom. The fourth-order valence-electron chi connectivity index (χ4n) is 1.37. The summed E-state index contributed by atoms with van der Waals surface area (Å²) in [5.74, 6) is 1.11. The molecule has 2 atom stereocenters. The molecular formula is C11H21N3O4. The molecule has 0 aliphatic carbocycles. The first-order valence-electron chi connectivity index (χ1n) is 5.90. The molecule has 0 aromatic carbocycles. The first-order valence-corrected chi connectivity index (χ1v) is 5.90. The van der Waals surface area contributed by atoms with Crippen LogP contribution in [-0.2, 0) is 16.0 Å². The van der Waals surface area contributed by atoms with Crippen molar-refractivity contribution in [3.63, 3.8) is 0 Å². The summed E-state index contributed by atoms with van der Waals surface area (Å²) in [5, 5.41) is 16.3. The summed E-state index contributed by atoms with van der Waals surface area (Å²) in [4.78, 5) is 4.04. The smallest absolute Gasteiger partial charge is 0.240 e. The van der Waals surface area contributed by atoms with Crippen molar-refractivity contribution < 1.29 is 19.1 Å². The summed E-state index contributed by atoms with van der Waals surface area (Å²) in [6, 6.07) is 0. The van der Waals surface area contributed by atoms with Gasteiger partial charge in [0.15, 0.2) is 5.82 Å². The number of hydrogen-bond donors (Lipinski definition) is 2. The van der Waals surface area contributed by atoms with E-state index in [0.717, 1.165) is 0 Å². The molecule has 104 valence electrons. The van der Waals surface area contributed by atoms with Crippen LogP contribution in [0, 0.1) is 6.92 Å². The summed E-state index contributed by atoms with van der Waals surface area (Å²) in [5.41, 5.74) is 0. The zero-order valence-electron chi connectivity index (χ0n) is 11.0. The first kappa shape index (κ1) is 15.0. The van der Waals surface area contributed by atoms with E-state index in [-0.39, 0.29) is 12.7 Å². The van der Waals surface area contributed by atoms with Crippen molar-refractivity contribution in [1.29, 1.82) is 0 Å². The third-order valence-corrected chi connectivity index (χ3v) is 2.20. The number of aryl methyl sites for hydroxylation is 1. The molecule has 0 saturated carbocycles. The number of aliphatic hydroxyl groups is 1. The highest BCUT2D eigenvalue weighted by molar-refractivity contribution is 4.82. The zero-order chi connectivity index (χ0) is 13.4. The van der Waals surface area contributed by atoms with Crippen LogP contribution in [-0.4, -0.2) is 54.3 Å². The quantitative estimate of drug-likeness (QED) is 0.639. The molecule has 0 aliphatic rings. The Hall–Kier alpha value is -1.02. The van der Waals surface area contributed by atoms with Gasteiger partial charge >= 0.3 is 0 Å². The Morgan fingerprint density at radius 1 is 1.44 bits per heavy atom. The Kier molecular flexibility index (Phi) is 6.81. The number of aromatic nitrogens is 2. The standard InChI is InChI=1S/C11H21N3O4/c1-8(6-16-3)17-7-10(15)4-12-5-11-13-9(2)14-18-11/h8,10,12,15H,4-7H2,1-3H3. The molecule has 0 radical (unpaired) electrons. The van der Waals surface area contributed by atoms with Gasteiger partial charge in [-0.15, -0.1) is 0 Å². The van der Waals surface area contributed by atoms with Crippen molar-refractivity contribution in [2.24, 2.45) is 0 Å². The summed E-state index contributed by atoms with van der Waals surface area (Å²) in [6.45, 7) is 5.27. The zero-order valence-corrected chi connectivity index (χ0v) is 11.0. The van der Waals surface area contributed by atoms with E-state index in [1.54, 1.807) is 14.0 Å². The summed E-state index contributed by atoms with van der Waals surface area (Å²) < 4.78 is 15.2. The molecule has 2 N–H and O–H groups in total. The van der Waals surface area contributed by atoms with Crippen LogP contribution < -0.4 is 5.32 Å². The molecule has 0 fully saturated rings. The second-order valence-corrected chi connectivity index (χ2v) is 4.12. The van der Waals surface area contributed by atoms with Gasteiger partial charge in [-0.3, -0.25) is 0 Å². The molecular weight excluding hydrogens is 238 g/mol. The molecule has 0 aliphatic heterocycles. The highest BCUT2D eigenvalue weighted by Gasteiger charge is 2.09. The van der Waals surface area contributed by atoms with Gasteiger partial charge in [0.25, 0.3) is 0 Å². The van der Waals surface area contributed by atoms with Crippen LogP contribution in [0.15, 0.2) is 4.52 Å². The molecule has 1 aromatic heterocycles. The third kappa shape index (κ3) is 6.06. The molecule has 2 unspecified atom stereocenters. The fraction of sp³-hybridized carbons (Fsp3) is 0.818. The van der Waals surface area contributed by atoms with Gasteiger partial charge in [0.05, 0.1) is 32.0 Å². The molecule has 1 aromatic rings. The number of rotatable bonds is 9. The second-order valence-electron chi connectivity index (χ2n) is 4.12. The van der Waals surface area contributed by atoms with Crippen molar-refractivity contribution in [1.82, 2.24) is 15.5 Å². The van der Waals surface area contributed by atoms with Gasteiger partial charge in [-0.25, -0.2) is 0 Å². The minimum atomic E-state index is -0.576. The minimum absolute atomic E-state index is 0.0248. The van der Waals surface area contributed by atoms with Crippen molar-refractivity contribution in [2.75, 3.05) is 26.9 Å². The average molecular weight is 259 g/mol. The fourth-order valence-corrected chi connectivity index (χ4v) is 1.37. The molecule has 7 heteroatoms. The molecule has 0 amide bonds. The van der Waals surface area contributed by atoms with Gasteiger partial charge in [0.1, 0.15) is 0 Å². The predicted octanol–water partition coefficient (Wildman–Crippen LogP) is -0.120. The van der Waals surface area contributed by atoms with Crippen molar-refractivity contribution in [3.8, 4) is 0 Å². The number of nitrogens with zero attached hydrogens (tertiary/aromatic N) is 2. The molecule has 1 rings (SSSR count). The van der Waals surface area contributed by atoms with E-state index < -0.39 is 6.10 Å². The van der Waals surface area contributed by atoms with Crippen LogP contribution in [0.25, 0.3) is 0 Å². The van der Waals surface area contributed by atoms with Gasteiger partial charge in [0.2, 0.25) is 5.89 Å². The molecule has 0 bridgehead atoms. The van der Waals surface area contributed by atoms with E-state index in [1.165, 1.54) is 0 Å². The van der Waals surface area contributed by atoms with E-state index in [2.05, 4.69) is 15.5 Å². The molecule has 18 heavy (non-hydrogen) atoms. The number of aliphatic hydroxyl groups excluding tert-OH is 1. The van der Waals surface area contributed by atoms with Crippen LogP contribution in [0.4, 0.5) is 0 Å². The molecule has 0 spiro atoms. The maximum atomic E-state index is 9.65. The van der Waals surface area contributed by atoms with Crippen LogP contribution in [0.2, 0.25) is 0 Å². The highest BCUT2D eigenvalue weighted by Crippen LogP contribution is 1.96. The lowest BCUT2D eigenvalue weighted by atomic mass is 10.3. The second kappa shape index (κ2) is 8.15. The van der Waals surface area contributed by atoms with Crippen molar-refractivity contribution in [3.05, 3.63) is 11.7 Å². The lowest BCUT2D eigenvalue weighted by molar-refractivity contribution is -0.0312. The van der Waals surface area contributed by atoms with Gasteiger partial charge < -0.3 is 24.4 Å². The van der Waals surface area contributed by atoms with Crippen molar-refractivity contribution >= 4 is 0 Å². The Morgan fingerprint density at radius 2 is 2.22 bits per heavy atom. The normalized spacial score (nSPS) is 14.7. The van der Waals surface area contributed by atoms with E-state index in [0.29, 0.717) is 31.4 Å². The first-order chi connectivity index (χ1) is 8.61. The van der Waals surface area contributed by atoms with E-state index in [9.17, 15) is 5.11 Å². The topological polar surface area (TPSA) is 89.6 Å². The number of nitrogens with one attached hydrogen (secondary N) is 1. The lowest BCUT2D eigenvalue weighted by Crippen LogP contribution is -2.32. The van der Waals surface area contributed by atoms with Crippen LogP contribution in [0.5, 0.6) is 0 Å². The molecule has 7 nitrogen and oxygen atoms in total. The lowest BCUT2D eigenvalue weighted by Gasteiger charge is -2.15. The SMILES string of the molecule is COCC(C)OCC(O)CNCc1nc(C)no1. The predicted molar refractivity (Wildman–Crippen MR) is 64.0 cm³/mol. The highest BCUT2D eigenvalue weighted by atomic mass is 16.5. The monoisotopic (exact) mass is 259 g/mol. The number of ether oxygens (including phenoxy) is 2.